The number of hydrogen-bond donors (Lipinski definition) is 2. The lowest BCUT2D eigenvalue weighted by Gasteiger charge is -2.22. The van der Waals surface area contributed by atoms with Crippen molar-refractivity contribution in [3.63, 3.8) is 0 Å². The van der Waals surface area contributed by atoms with Crippen molar-refractivity contribution in [1.29, 1.82) is 0 Å². The van der Waals surface area contributed by atoms with Crippen LogP contribution in [0.1, 0.15) is 32.1 Å². The van der Waals surface area contributed by atoms with Gasteiger partial charge in [-0.25, -0.2) is 0 Å². The highest BCUT2D eigenvalue weighted by Crippen LogP contribution is 2.27. The lowest BCUT2D eigenvalue weighted by molar-refractivity contribution is -0.126. The first kappa shape index (κ1) is 15.0. The van der Waals surface area contributed by atoms with Crippen molar-refractivity contribution in [3.8, 4) is 0 Å². The summed E-state index contributed by atoms with van der Waals surface area (Å²) in [7, 11) is 0. The van der Waals surface area contributed by atoms with E-state index in [9.17, 15) is 4.79 Å². The van der Waals surface area contributed by atoms with Gasteiger partial charge in [0.25, 0.3) is 0 Å². The van der Waals surface area contributed by atoms with Crippen molar-refractivity contribution in [2.45, 2.75) is 44.2 Å². The molecule has 3 N–H and O–H groups in total. The van der Waals surface area contributed by atoms with E-state index in [0.29, 0.717) is 6.54 Å². The predicted molar refractivity (Wildman–Crippen MR) is 72.5 cm³/mol. The monoisotopic (exact) mass is 272 g/mol. The Labute approximate surface area is 114 Å². The number of nitrogens with two attached hydrogens (primary N) is 1. The fourth-order valence-electron chi connectivity index (χ4n) is 2.28. The van der Waals surface area contributed by atoms with Gasteiger partial charge in [0.2, 0.25) is 5.91 Å². The van der Waals surface area contributed by atoms with E-state index in [0.717, 1.165) is 38.6 Å². The topological polar surface area (TPSA) is 72.9 Å². The highest BCUT2D eigenvalue weighted by atomic mass is 35.5. The summed E-state index contributed by atoms with van der Waals surface area (Å²) in [6.07, 6.45) is 8.32. The zero-order chi connectivity index (χ0) is 12.1. The maximum absolute atomic E-state index is 11.9. The van der Waals surface area contributed by atoms with Crippen LogP contribution < -0.4 is 11.1 Å². The van der Waals surface area contributed by atoms with Gasteiger partial charge in [0.15, 0.2) is 0 Å². The Hall–Kier alpha value is -1.07. The molecule has 1 saturated carbocycles. The molecule has 102 valence electrons. The van der Waals surface area contributed by atoms with Crippen LogP contribution in [0.3, 0.4) is 0 Å². The number of nitrogens with zero attached hydrogens (tertiary/aromatic N) is 2. The maximum atomic E-state index is 11.9. The number of amides is 1. The molecule has 1 aliphatic carbocycles. The summed E-state index contributed by atoms with van der Waals surface area (Å²) in [5, 5.41) is 7.03. The van der Waals surface area contributed by atoms with E-state index >= 15 is 0 Å². The third-order valence-electron chi connectivity index (χ3n) is 3.36. The normalized spacial score (nSPS) is 17.2. The number of nitrogens with one attached hydrogen (secondary N) is 1. The van der Waals surface area contributed by atoms with Crippen molar-refractivity contribution in [3.05, 3.63) is 18.5 Å². The van der Waals surface area contributed by atoms with Crippen LogP contribution in [0.4, 0.5) is 0 Å². The molecule has 18 heavy (non-hydrogen) atoms. The quantitative estimate of drug-likeness (QED) is 0.788. The summed E-state index contributed by atoms with van der Waals surface area (Å²) in [5.41, 5.74) is 5.44. The first-order valence-corrected chi connectivity index (χ1v) is 6.25. The molecule has 1 amide bonds. The Morgan fingerprint density at radius 3 is 2.78 bits per heavy atom. The summed E-state index contributed by atoms with van der Waals surface area (Å²) in [6.45, 7) is 1.49. The Morgan fingerprint density at radius 1 is 1.44 bits per heavy atom. The van der Waals surface area contributed by atoms with Gasteiger partial charge in [0.1, 0.15) is 0 Å². The van der Waals surface area contributed by atoms with Crippen LogP contribution in [0.25, 0.3) is 0 Å². The smallest absolute Gasteiger partial charge is 0.240 e. The van der Waals surface area contributed by atoms with Crippen molar-refractivity contribution < 1.29 is 4.79 Å². The first-order chi connectivity index (χ1) is 8.21. The van der Waals surface area contributed by atoms with Crippen LogP contribution in [0.5, 0.6) is 0 Å². The first-order valence-electron chi connectivity index (χ1n) is 6.25. The second-order valence-electron chi connectivity index (χ2n) is 4.74. The number of carbonyl (C=O) groups is 1. The minimum Gasteiger partial charge on any atom is -0.354 e. The van der Waals surface area contributed by atoms with Crippen molar-refractivity contribution in [2.75, 3.05) is 6.54 Å². The van der Waals surface area contributed by atoms with E-state index in [1.54, 1.807) is 6.20 Å². The second-order valence-corrected chi connectivity index (χ2v) is 4.74. The third-order valence-corrected chi connectivity index (χ3v) is 3.36. The zero-order valence-electron chi connectivity index (χ0n) is 10.5. The van der Waals surface area contributed by atoms with Gasteiger partial charge in [-0.05, 0) is 25.3 Å². The average molecular weight is 273 g/mol. The van der Waals surface area contributed by atoms with Gasteiger partial charge in [-0.15, -0.1) is 12.4 Å². The number of carbonyl (C=O) groups excluding carboxylic acids is 1. The molecule has 1 aliphatic rings. The van der Waals surface area contributed by atoms with Crippen molar-refractivity contribution in [2.24, 2.45) is 5.73 Å². The molecule has 0 atom stereocenters. The standard InChI is InChI=1S/C12H20N4O.ClH/c13-12(5-1-2-6-12)11(17)14-7-3-9-16-10-4-8-15-16;/h4,8,10H,1-3,5-7,9,13H2,(H,14,17);1H. The summed E-state index contributed by atoms with van der Waals surface area (Å²) in [4.78, 5) is 11.9. The Morgan fingerprint density at radius 2 is 2.17 bits per heavy atom. The van der Waals surface area contributed by atoms with E-state index < -0.39 is 5.54 Å². The van der Waals surface area contributed by atoms with E-state index in [2.05, 4.69) is 10.4 Å². The highest BCUT2D eigenvalue weighted by molar-refractivity contribution is 5.86. The Kier molecular flexibility index (Phi) is 5.62. The van der Waals surface area contributed by atoms with Crippen molar-refractivity contribution in [1.82, 2.24) is 15.1 Å². The van der Waals surface area contributed by atoms with E-state index in [-0.39, 0.29) is 18.3 Å². The van der Waals surface area contributed by atoms with Gasteiger partial charge >= 0.3 is 0 Å². The third kappa shape index (κ3) is 3.71. The molecule has 1 aromatic heterocycles. The number of rotatable bonds is 5. The van der Waals surface area contributed by atoms with Crippen LogP contribution in [0, 0.1) is 0 Å². The SMILES string of the molecule is Cl.NC1(C(=O)NCCCn2cccn2)CCCC1. The molecule has 1 aromatic rings. The van der Waals surface area contributed by atoms with Crippen LogP contribution in [-0.2, 0) is 11.3 Å². The molecule has 0 aliphatic heterocycles. The predicted octanol–water partition coefficient (Wildman–Crippen LogP) is 1.08. The van der Waals surface area contributed by atoms with Gasteiger partial charge in [0, 0.05) is 25.5 Å². The summed E-state index contributed by atoms with van der Waals surface area (Å²) in [6, 6.07) is 1.89. The molecule has 0 spiro atoms. The molecule has 0 aromatic carbocycles. The molecular weight excluding hydrogens is 252 g/mol. The molecule has 0 radical (unpaired) electrons. The molecule has 5 nitrogen and oxygen atoms in total. The van der Waals surface area contributed by atoms with Gasteiger partial charge in [-0.1, -0.05) is 12.8 Å². The highest BCUT2D eigenvalue weighted by Gasteiger charge is 2.36. The number of aryl methyl sites for hydroxylation is 1. The number of aromatic nitrogens is 2. The maximum Gasteiger partial charge on any atom is 0.240 e. The van der Waals surface area contributed by atoms with Gasteiger partial charge in [-0.3, -0.25) is 9.48 Å². The van der Waals surface area contributed by atoms with Crippen LogP contribution in [0.15, 0.2) is 18.5 Å². The van der Waals surface area contributed by atoms with Crippen LogP contribution in [-0.4, -0.2) is 27.8 Å². The fourth-order valence-corrected chi connectivity index (χ4v) is 2.28. The summed E-state index contributed by atoms with van der Waals surface area (Å²) in [5.74, 6) is 0.00969. The van der Waals surface area contributed by atoms with Gasteiger partial charge in [0.05, 0.1) is 5.54 Å². The minimum atomic E-state index is -0.605. The molecule has 0 saturated heterocycles. The molecule has 0 bridgehead atoms. The van der Waals surface area contributed by atoms with Crippen LogP contribution in [0.2, 0.25) is 0 Å². The largest absolute Gasteiger partial charge is 0.354 e. The molecular formula is C12H21ClN4O. The number of hydrogen-bond acceptors (Lipinski definition) is 3. The zero-order valence-corrected chi connectivity index (χ0v) is 11.3. The molecule has 2 rings (SSSR count). The minimum absolute atomic E-state index is 0. The molecule has 1 heterocycles. The van der Waals surface area contributed by atoms with Gasteiger partial charge in [-0.2, -0.15) is 5.10 Å². The Bertz CT molecular complexity index is 360. The molecule has 1 fully saturated rings. The average Bonchev–Trinajstić information content (AvgIpc) is 2.96. The number of halogens is 1. The van der Waals surface area contributed by atoms with Gasteiger partial charge < -0.3 is 11.1 Å². The second kappa shape index (κ2) is 6.75. The van der Waals surface area contributed by atoms with E-state index in [4.69, 9.17) is 5.73 Å². The van der Waals surface area contributed by atoms with Crippen molar-refractivity contribution >= 4 is 18.3 Å². The Balaban J connectivity index is 0.00000162. The lowest BCUT2D eigenvalue weighted by atomic mass is 9.98. The van der Waals surface area contributed by atoms with E-state index in [1.165, 1.54) is 0 Å². The summed E-state index contributed by atoms with van der Waals surface area (Å²) >= 11 is 0. The summed E-state index contributed by atoms with van der Waals surface area (Å²) < 4.78 is 1.86. The fraction of sp³-hybridized carbons (Fsp3) is 0.667. The lowest BCUT2D eigenvalue weighted by Crippen LogP contribution is -2.52. The van der Waals surface area contributed by atoms with E-state index in [1.807, 2.05) is 16.9 Å². The molecule has 6 heteroatoms. The van der Waals surface area contributed by atoms with Crippen LogP contribution >= 0.6 is 12.4 Å². The molecule has 0 unspecified atom stereocenters.